The van der Waals surface area contributed by atoms with Gasteiger partial charge in [0.25, 0.3) is 15.9 Å². The van der Waals surface area contributed by atoms with Gasteiger partial charge in [0.05, 0.1) is 21.2 Å². The van der Waals surface area contributed by atoms with E-state index < -0.39 is 32.6 Å². The number of aryl methyl sites for hydroxylation is 1. The molecule has 1 amide bonds. The Morgan fingerprint density at radius 1 is 1.20 bits per heavy atom. The van der Waals surface area contributed by atoms with Crippen LogP contribution in [0.5, 0.6) is 0 Å². The first-order valence-electron chi connectivity index (χ1n) is 9.41. The van der Waals surface area contributed by atoms with Crippen LogP contribution in [0, 0.1) is 6.92 Å². The van der Waals surface area contributed by atoms with Gasteiger partial charge in [-0.25, -0.2) is 18.0 Å². The highest BCUT2D eigenvalue weighted by atomic mass is 35.5. The zero-order valence-corrected chi connectivity index (χ0v) is 19.0. The molecule has 35 heavy (non-hydrogen) atoms. The number of sulfonamides is 1. The first-order valence-corrected chi connectivity index (χ1v) is 11.3. The summed E-state index contributed by atoms with van der Waals surface area (Å²) in [6, 6.07) is 5.08. The maximum absolute atomic E-state index is 13.3. The number of primary amides is 1. The predicted octanol–water partition coefficient (Wildman–Crippen LogP) is 3.20. The minimum atomic E-state index is -4.77. The summed E-state index contributed by atoms with van der Waals surface area (Å²) in [5.41, 5.74) is 3.65. The summed E-state index contributed by atoms with van der Waals surface area (Å²) in [7, 11) is -4.57. The zero-order chi connectivity index (χ0) is 25.5. The van der Waals surface area contributed by atoms with Crippen molar-refractivity contribution in [3.63, 3.8) is 0 Å². The fraction of sp³-hybridized carbons (Fsp3) is 0.105. The minimum absolute atomic E-state index is 0.00559. The lowest BCUT2D eigenvalue weighted by atomic mass is 10.1. The number of rotatable bonds is 6. The number of aromatic nitrogens is 5. The highest BCUT2D eigenvalue weighted by Crippen LogP contribution is 2.35. The molecule has 0 fully saturated rings. The first-order chi connectivity index (χ1) is 16.4. The molecule has 182 valence electrons. The number of halogens is 4. The monoisotopic (exact) mass is 527 g/mol. The highest BCUT2D eigenvalue weighted by Gasteiger charge is 2.34. The van der Waals surface area contributed by atoms with Crippen LogP contribution in [0.1, 0.15) is 21.7 Å². The van der Waals surface area contributed by atoms with Crippen molar-refractivity contribution in [2.24, 2.45) is 5.73 Å². The third-order valence-electron chi connectivity index (χ3n) is 4.67. The summed E-state index contributed by atoms with van der Waals surface area (Å²) in [6.07, 6.45) is -2.41. The molecular weight excluding hydrogens is 515 g/mol. The van der Waals surface area contributed by atoms with Gasteiger partial charge in [-0.15, -0.1) is 10.2 Å². The topological polar surface area (TPSA) is 159 Å². The third kappa shape index (κ3) is 4.67. The van der Waals surface area contributed by atoms with Crippen LogP contribution in [0.3, 0.4) is 0 Å². The number of amides is 1. The van der Waals surface area contributed by atoms with Crippen molar-refractivity contribution in [3.8, 4) is 17.3 Å². The average Bonchev–Trinajstić information content (AvgIpc) is 3.42. The molecule has 1 aromatic carbocycles. The smallest absolute Gasteiger partial charge is 0.363 e. The largest absolute Gasteiger partial charge is 0.416 e. The number of carbonyl (C=O) groups excluding carboxylic acids is 1. The molecule has 0 bridgehead atoms. The molecule has 0 unspecified atom stereocenters. The minimum Gasteiger partial charge on any atom is -0.363 e. The van der Waals surface area contributed by atoms with E-state index in [1.807, 2.05) is 0 Å². The Labute approximate surface area is 199 Å². The second kappa shape index (κ2) is 8.66. The summed E-state index contributed by atoms with van der Waals surface area (Å²) in [5, 5.41) is 11.2. The van der Waals surface area contributed by atoms with Crippen molar-refractivity contribution < 1.29 is 30.9 Å². The Hall–Kier alpha value is -3.98. The maximum Gasteiger partial charge on any atom is 0.416 e. The lowest BCUT2D eigenvalue weighted by molar-refractivity contribution is -0.138. The number of nitrogens with zero attached hydrogens (tertiary/aromatic N) is 5. The van der Waals surface area contributed by atoms with Crippen LogP contribution in [0.25, 0.3) is 17.3 Å². The highest BCUT2D eigenvalue weighted by molar-refractivity contribution is 7.92. The van der Waals surface area contributed by atoms with Crippen LogP contribution in [-0.4, -0.2) is 39.2 Å². The average molecular weight is 528 g/mol. The molecule has 0 spiro atoms. The quantitative estimate of drug-likeness (QED) is 0.386. The molecule has 0 atom stereocenters. The number of anilines is 1. The number of carbonyl (C=O) groups is 1. The van der Waals surface area contributed by atoms with Crippen LogP contribution in [0.4, 0.5) is 18.9 Å². The van der Waals surface area contributed by atoms with Crippen molar-refractivity contribution in [1.29, 1.82) is 0 Å². The first kappa shape index (κ1) is 24.2. The molecule has 3 N–H and O–H groups in total. The number of pyridine rings is 1. The van der Waals surface area contributed by atoms with Gasteiger partial charge in [0.15, 0.2) is 11.6 Å². The summed E-state index contributed by atoms with van der Waals surface area (Å²) >= 11 is 5.99. The van der Waals surface area contributed by atoms with Gasteiger partial charge >= 0.3 is 6.18 Å². The maximum atomic E-state index is 13.3. The van der Waals surface area contributed by atoms with Crippen molar-refractivity contribution in [2.75, 3.05) is 4.72 Å². The van der Waals surface area contributed by atoms with Crippen LogP contribution in [0.15, 0.2) is 52.2 Å². The van der Waals surface area contributed by atoms with Gasteiger partial charge in [0, 0.05) is 12.3 Å². The van der Waals surface area contributed by atoms with Gasteiger partial charge in [0.1, 0.15) is 12.0 Å². The van der Waals surface area contributed by atoms with Crippen molar-refractivity contribution >= 4 is 33.2 Å². The molecule has 0 aliphatic heterocycles. The lowest BCUT2D eigenvalue weighted by Gasteiger charge is -2.15. The molecule has 11 nitrogen and oxygen atoms in total. The van der Waals surface area contributed by atoms with Crippen molar-refractivity contribution in [3.05, 3.63) is 64.8 Å². The Balaban J connectivity index is 1.85. The predicted molar refractivity (Wildman–Crippen MR) is 115 cm³/mol. The summed E-state index contributed by atoms with van der Waals surface area (Å²) in [4.78, 5) is 15.3. The molecule has 0 saturated heterocycles. The number of nitrogens with two attached hydrogens (primary N) is 1. The van der Waals surface area contributed by atoms with E-state index >= 15 is 0 Å². The standard InChI is InChI=1S/C19H13ClF3N7O4S/c1-9-2-3-11(7-12(9)19(21,22)23)35(32,33)29-13-6-10(20)8-25-15(13)17-26-27-18(16(24)31)30(17)14-4-5-34-28-14/h2-8,29H,1H3,(H2,24,31). The van der Waals surface area contributed by atoms with E-state index in [-0.39, 0.29) is 39.4 Å². The second-order valence-electron chi connectivity index (χ2n) is 7.03. The van der Waals surface area contributed by atoms with Crippen LogP contribution in [0.2, 0.25) is 5.02 Å². The van der Waals surface area contributed by atoms with E-state index in [9.17, 15) is 26.4 Å². The van der Waals surface area contributed by atoms with Crippen molar-refractivity contribution in [2.45, 2.75) is 18.0 Å². The zero-order valence-electron chi connectivity index (χ0n) is 17.4. The van der Waals surface area contributed by atoms with E-state index in [2.05, 4.69) is 25.1 Å². The molecule has 3 aromatic heterocycles. The molecular formula is C19H13ClF3N7O4S. The van der Waals surface area contributed by atoms with E-state index in [0.717, 1.165) is 29.0 Å². The van der Waals surface area contributed by atoms with Gasteiger partial charge in [-0.05, 0) is 30.7 Å². The molecule has 4 aromatic rings. The lowest BCUT2D eigenvalue weighted by Crippen LogP contribution is -2.19. The number of hydrogen-bond acceptors (Lipinski definition) is 8. The second-order valence-corrected chi connectivity index (χ2v) is 9.15. The van der Waals surface area contributed by atoms with Crippen LogP contribution < -0.4 is 10.5 Å². The van der Waals surface area contributed by atoms with Gasteiger partial charge in [0.2, 0.25) is 5.82 Å². The van der Waals surface area contributed by atoms with Crippen LogP contribution in [-0.2, 0) is 16.2 Å². The van der Waals surface area contributed by atoms with Gasteiger partial charge in [-0.3, -0.25) is 9.52 Å². The Morgan fingerprint density at radius 3 is 2.57 bits per heavy atom. The summed E-state index contributed by atoms with van der Waals surface area (Å²) in [5.74, 6) is -1.50. The molecule has 3 heterocycles. The molecule has 0 saturated carbocycles. The molecule has 4 rings (SSSR count). The fourth-order valence-electron chi connectivity index (χ4n) is 3.11. The molecule has 0 aliphatic carbocycles. The van der Waals surface area contributed by atoms with Gasteiger partial charge < -0.3 is 10.3 Å². The van der Waals surface area contributed by atoms with E-state index in [0.29, 0.717) is 6.07 Å². The SMILES string of the molecule is Cc1ccc(S(=O)(=O)Nc2cc(Cl)cnc2-c2nnc(C(N)=O)n2-c2ccon2)cc1C(F)(F)F. The Morgan fingerprint density at radius 2 is 1.94 bits per heavy atom. The van der Waals surface area contributed by atoms with Gasteiger partial charge in [-0.1, -0.05) is 22.8 Å². The number of alkyl halides is 3. The van der Waals surface area contributed by atoms with E-state index in [1.54, 1.807) is 0 Å². The number of hydrogen-bond donors (Lipinski definition) is 2. The van der Waals surface area contributed by atoms with Gasteiger partial charge in [-0.2, -0.15) is 13.2 Å². The van der Waals surface area contributed by atoms with Crippen LogP contribution >= 0.6 is 11.6 Å². The molecule has 0 aliphatic rings. The summed E-state index contributed by atoms with van der Waals surface area (Å²) < 4.78 is 74.0. The summed E-state index contributed by atoms with van der Waals surface area (Å²) in [6.45, 7) is 1.21. The van der Waals surface area contributed by atoms with E-state index in [4.69, 9.17) is 21.9 Å². The van der Waals surface area contributed by atoms with Crippen molar-refractivity contribution in [1.82, 2.24) is 24.9 Å². The number of benzene rings is 1. The Bertz CT molecular complexity index is 1540. The Kier molecular flexibility index (Phi) is 5.98. The molecule has 16 heteroatoms. The molecule has 0 radical (unpaired) electrons. The normalized spacial score (nSPS) is 12.0. The number of nitrogens with one attached hydrogen (secondary N) is 1. The van der Waals surface area contributed by atoms with E-state index in [1.165, 1.54) is 19.3 Å². The third-order valence-corrected chi connectivity index (χ3v) is 6.24. The fourth-order valence-corrected chi connectivity index (χ4v) is 4.35.